The molecule has 0 aromatic rings. The van der Waals surface area contributed by atoms with E-state index < -0.39 is 17.4 Å². The van der Waals surface area contributed by atoms with Gasteiger partial charge in [0.05, 0.1) is 1.37 Å². The molecule has 0 heterocycles. The van der Waals surface area contributed by atoms with Gasteiger partial charge in [0.15, 0.2) is 0 Å². The Bertz CT molecular complexity index is 105. The monoisotopic (exact) mass is 171 g/mol. The molecule has 2 nitrogen and oxygen atoms in total. The first kappa shape index (κ1) is 5.03. The number of halogens is 2. The first-order valence-corrected chi connectivity index (χ1v) is 2.28. The number of aliphatic carboxylic acids is 1. The summed E-state index contributed by atoms with van der Waals surface area (Å²) in [5, 5.41) is 7.97. The highest BCUT2D eigenvalue weighted by Crippen LogP contribution is 1.97. The molecule has 1 unspecified atom stereocenters. The predicted molar refractivity (Wildman–Crippen MR) is 26.3 cm³/mol. The zero-order valence-corrected chi connectivity index (χ0v) is 4.90. The summed E-state index contributed by atoms with van der Waals surface area (Å²) in [6, 6.07) is 0. The van der Waals surface area contributed by atoms with Crippen molar-refractivity contribution in [2.45, 2.75) is 4.80 Å². The van der Waals surface area contributed by atoms with Gasteiger partial charge in [0.25, 0.3) is 0 Å². The zero-order valence-electron chi connectivity index (χ0n) is 4.32. The first-order valence-electron chi connectivity index (χ1n) is 1.99. The second-order valence-corrected chi connectivity index (χ2v) is 1.80. The van der Waals surface area contributed by atoms with Gasteiger partial charge in [-0.3, -0.25) is 4.79 Å². The van der Waals surface area contributed by atoms with Gasteiger partial charge >= 0.3 is 5.97 Å². The van der Waals surface area contributed by atoms with Crippen molar-refractivity contribution in [3.8, 4) is 0 Å². The average Bonchev–Trinajstić information content (AvgIpc) is 1.67. The van der Waals surface area contributed by atoms with Crippen molar-refractivity contribution in [3.05, 3.63) is 0 Å². The number of hydrogen-bond acceptors (Lipinski definition) is 1. The van der Waals surface area contributed by atoms with Crippen molar-refractivity contribution in [2.75, 3.05) is 6.67 Å². The van der Waals surface area contributed by atoms with Crippen LogP contribution >= 0.6 is 15.9 Å². The molecule has 0 amide bonds. The molecule has 0 saturated heterocycles. The van der Waals surface area contributed by atoms with Crippen molar-refractivity contribution in [1.29, 1.82) is 0 Å². The van der Waals surface area contributed by atoms with Crippen LogP contribution in [0.3, 0.4) is 0 Å². The van der Waals surface area contributed by atoms with Crippen LogP contribution in [0, 0.1) is 0 Å². The SMILES string of the molecule is [2H]C(Br)(CF)C(=O)O. The first-order chi connectivity index (χ1) is 3.50. The summed E-state index contributed by atoms with van der Waals surface area (Å²) in [4.78, 5) is 7.63. The highest BCUT2D eigenvalue weighted by molar-refractivity contribution is 9.10. The Morgan fingerprint density at radius 2 is 2.71 bits per heavy atom. The number of rotatable bonds is 2. The molecule has 1 N–H and O–H groups in total. The van der Waals surface area contributed by atoms with E-state index in [1.165, 1.54) is 0 Å². The lowest BCUT2D eigenvalue weighted by atomic mass is 10.5. The van der Waals surface area contributed by atoms with Gasteiger partial charge in [-0.15, -0.1) is 0 Å². The third-order valence-electron chi connectivity index (χ3n) is 0.349. The van der Waals surface area contributed by atoms with E-state index in [4.69, 9.17) is 6.48 Å². The van der Waals surface area contributed by atoms with Gasteiger partial charge < -0.3 is 5.11 Å². The maximum atomic E-state index is 11.4. The minimum absolute atomic E-state index is 1.23. The van der Waals surface area contributed by atoms with Gasteiger partial charge in [0.2, 0.25) is 0 Å². The Morgan fingerprint density at radius 3 is 2.71 bits per heavy atom. The molecule has 0 bridgehead atoms. The van der Waals surface area contributed by atoms with Gasteiger partial charge in [-0.05, 0) is 0 Å². The molecule has 0 saturated carbocycles. The molecule has 0 aromatic heterocycles. The molecular weight excluding hydrogens is 167 g/mol. The third-order valence-corrected chi connectivity index (χ3v) is 0.901. The van der Waals surface area contributed by atoms with Crippen LogP contribution in [0.25, 0.3) is 0 Å². The van der Waals surface area contributed by atoms with Crippen molar-refractivity contribution < 1.29 is 15.7 Å². The third kappa shape index (κ3) is 2.56. The molecule has 0 aromatic carbocycles. The van der Waals surface area contributed by atoms with Gasteiger partial charge in [-0.25, -0.2) is 4.39 Å². The summed E-state index contributed by atoms with van der Waals surface area (Å²) in [5.41, 5.74) is 0. The fourth-order valence-corrected chi connectivity index (χ4v) is 0.0572. The number of hydrogen-bond donors (Lipinski definition) is 1. The van der Waals surface area contributed by atoms with Crippen molar-refractivity contribution in [1.82, 2.24) is 0 Å². The highest BCUT2D eigenvalue weighted by Gasteiger charge is 2.10. The van der Waals surface area contributed by atoms with Crippen LogP contribution in [0.5, 0.6) is 0 Å². The Labute approximate surface area is 49.9 Å². The minimum atomic E-state index is -2.15. The van der Waals surface area contributed by atoms with Crippen LogP contribution in [0.15, 0.2) is 0 Å². The molecule has 42 valence electrons. The summed E-state index contributed by atoms with van der Waals surface area (Å²) in [5.74, 6) is -1.51. The van der Waals surface area contributed by atoms with E-state index in [1.54, 1.807) is 0 Å². The fourth-order valence-electron chi connectivity index (χ4n) is 0.0572. The smallest absolute Gasteiger partial charge is 0.319 e. The minimum Gasteiger partial charge on any atom is -0.480 e. The molecule has 0 spiro atoms. The molecule has 4 heteroatoms. The van der Waals surface area contributed by atoms with Gasteiger partial charge in [-0.1, -0.05) is 15.9 Å². The summed E-state index contributed by atoms with van der Waals surface area (Å²) < 4.78 is 18.0. The number of carboxylic acid groups (broad SMARTS) is 1. The van der Waals surface area contributed by atoms with Crippen LogP contribution in [0.4, 0.5) is 4.39 Å². The second-order valence-electron chi connectivity index (χ2n) is 0.844. The quantitative estimate of drug-likeness (QED) is 0.625. The lowest BCUT2D eigenvalue weighted by Gasteiger charge is -1.91. The number of carboxylic acids is 1. The largest absolute Gasteiger partial charge is 0.480 e. The molecule has 0 rings (SSSR count). The van der Waals surface area contributed by atoms with E-state index in [-0.39, 0.29) is 0 Å². The summed E-state index contributed by atoms with van der Waals surface area (Å²) in [6.45, 7) is -1.23. The lowest BCUT2D eigenvalue weighted by Crippen LogP contribution is -2.13. The van der Waals surface area contributed by atoms with Gasteiger partial charge in [0, 0.05) is 0 Å². The second kappa shape index (κ2) is 2.96. The maximum Gasteiger partial charge on any atom is 0.319 e. The summed E-state index contributed by atoms with van der Waals surface area (Å²) in [6.07, 6.45) is 0. The number of carbonyl (C=O) groups is 1. The van der Waals surface area contributed by atoms with Gasteiger partial charge in [0.1, 0.15) is 11.5 Å². The van der Waals surface area contributed by atoms with Crippen LogP contribution in [-0.4, -0.2) is 22.6 Å². The van der Waals surface area contributed by atoms with E-state index in [1.807, 2.05) is 0 Å². The van der Waals surface area contributed by atoms with Crippen LogP contribution in [0.1, 0.15) is 1.37 Å². The standard InChI is InChI=1S/C3H4BrFO2/c4-2(1-5)3(6)7/h2H,1H2,(H,6,7)/i2D. The predicted octanol–water partition coefficient (Wildman–Crippen LogP) is 0.804. The van der Waals surface area contributed by atoms with E-state index in [2.05, 4.69) is 15.9 Å². The Kier molecular flexibility index (Phi) is 2.12. The fraction of sp³-hybridized carbons (Fsp3) is 0.667. The van der Waals surface area contributed by atoms with E-state index in [0.29, 0.717) is 0 Å². The van der Waals surface area contributed by atoms with E-state index >= 15 is 0 Å². The lowest BCUT2D eigenvalue weighted by molar-refractivity contribution is -0.136. The summed E-state index contributed by atoms with van der Waals surface area (Å²) in [7, 11) is 0. The highest BCUT2D eigenvalue weighted by atomic mass is 79.9. The van der Waals surface area contributed by atoms with Crippen LogP contribution in [0.2, 0.25) is 0 Å². The van der Waals surface area contributed by atoms with Crippen LogP contribution < -0.4 is 0 Å². The Morgan fingerprint density at radius 1 is 2.29 bits per heavy atom. The van der Waals surface area contributed by atoms with Gasteiger partial charge in [-0.2, -0.15) is 0 Å². The summed E-state index contributed by atoms with van der Waals surface area (Å²) >= 11 is 2.34. The van der Waals surface area contributed by atoms with Crippen molar-refractivity contribution >= 4 is 21.9 Å². The van der Waals surface area contributed by atoms with Crippen molar-refractivity contribution in [3.63, 3.8) is 0 Å². The molecule has 7 heavy (non-hydrogen) atoms. The van der Waals surface area contributed by atoms with Crippen LogP contribution in [-0.2, 0) is 4.79 Å². The maximum absolute atomic E-state index is 11.4. The average molecular weight is 172 g/mol. The molecule has 0 fully saturated rings. The molecular formula is C3H4BrFO2. The normalized spacial score (nSPS) is 20.0. The Balaban J connectivity index is 3.91. The molecule has 1 atom stereocenters. The van der Waals surface area contributed by atoms with E-state index in [0.717, 1.165) is 0 Å². The number of alkyl halides is 2. The molecule has 0 radical (unpaired) electrons. The zero-order chi connectivity index (χ0) is 6.78. The Hall–Kier alpha value is -0.120. The molecule has 0 aliphatic carbocycles. The van der Waals surface area contributed by atoms with E-state index in [9.17, 15) is 9.18 Å². The van der Waals surface area contributed by atoms with Crippen molar-refractivity contribution in [2.24, 2.45) is 0 Å². The topological polar surface area (TPSA) is 37.3 Å². The molecule has 0 aliphatic heterocycles. The molecule has 0 aliphatic rings.